The summed E-state index contributed by atoms with van der Waals surface area (Å²) in [6.45, 7) is 2.67. The van der Waals surface area contributed by atoms with Crippen LogP contribution in [0.4, 0.5) is 0 Å². The third kappa shape index (κ3) is 8.04. The van der Waals surface area contributed by atoms with Crippen molar-refractivity contribution in [2.75, 3.05) is 40.9 Å². The molecule has 3 rings (SSSR count). The molecule has 8 heteroatoms. The molecular weight excluding hydrogens is 448 g/mol. The van der Waals surface area contributed by atoms with E-state index in [2.05, 4.69) is 33.3 Å². The van der Waals surface area contributed by atoms with E-state index in [1.807, 2.05) is 42.6 Å². The first-order valence-corrected chi connectivity index (χ1v) is 12.3. The maximum Gasteiger partial charge on any atom is 0.223 e. The highest BCUT2D eigenvalue weighted by atomic mass is 32.1. The molecule has 2 heterocycles. The maximum absolute atomic E-state index is 12.1. The number of likely N-dealkylation sites (N-methyl/N-ethyl adjacent to an activating group) is 1. The van der Waals surface area contributed by atoms with Gasteiger partial charge in [-0.3, -0.25) is 4.79 Å². The monoisotopic (exact) mass is 482 g/mol. The van der Waals surface area contributed by atoms with E-state index in [0.717, 1.165) is 59.4 Å². The number of imidazole rings is 1. The van der Waals surface area contributed by atoms with Crippen molar-refractivity contribution in [3.8, 4) is 22.2 Å². The summed E-state index contributed by atoms with van der Waals surface area (Å²) in [6, 6.07) is 10.1. The van der Waals surface area contributed by atoms with Gasteiger partial charge in [0.2, 0.25) is 5.91 Å². The van der Waals surface area contributed by atoms with Crippen molar-refractivity contribution in [3.63, 3.8) is 0 Å². The first-order valence-electron chi connectivity index (χ1n) is 11.5. The molecule has 182 valence electrons. The molecule has 0 aliphatic heterocycles. The minimum atomic E-state index is 0.0564. The summed E-state index contributed by atoms with van der Waals surface area (Å²) in [6.07, 6.45) is 10.8. The van der Waals surface area contributed by atoms with Gasteiger partial charge in [0.25, 0.3) is 0 Å². The lowest BCUT2D eigenvalue weighted by atomic mass is 10.1. The van der Waals surface area contributed by atoms with Gasteiger partial charge in [0.15, 0.2) is 11.5 Å². The van der Waals surface area contributed by atoms with Crippen molar-refractivity contribution in [1.82, 2.24) is 20.2 Å². The summed E-state index contributed by atoms with van der Waals surface area (Å²) in [7, 11) is 5.44. The van der Waals surface area contributed by atoms with Crippen LogP contribution in [0.5, 0.6) is 11.5 Å². The number of hydrogen-bond donors (Lipinski definition) is 2. The molecule has 2 aromatic heterocycles. The van der Waals surface area contributed by atoms with E-state index in [9.17, 15) is 4.79 Å². The molecule has 2 N–H and O–H groups in total. The van der Waals surface area contributed by atoms with Gasteiger partial charge < -0.3 is 24.7 Å². The van der Waals surface area contributed by atoms with E-state index in [-0.39, 0.29) is 5.91 Å². The first-order chi connectivity index (χ1) is 16.6. The number of nitrogens with one attached hydrogen (secondary N) is 2. The summed E-state index contributed by atoms with van der Waals surface area (Å²) in [4.78, 5) is 23.9. The van der Waals surface area contributed by atoms with Crippen molar-refractivity contribution >= 4 is 23.3 Å². The van der Waals surface area contributed by atoms with Gasteiger partial charge in [0.1, 0.15) is 5.82 Å². The van der Waals surface area contributed by atoms with Gasteiger partial charge in [0, 0.05) is 36.8 Å². The molecule has 3 aromatic rings. The van der Waals surface area contributed by atoms with Crippen LogP contribution in [-0.4, -0.2) is 61.7 Å². The number of carbonyl (C=O) groups excluding carboxylic acids is 1. The smallest absolute Gasteiger partial charge is 0.223 e. The Morgan fingerprint density at radius 1 is 1.15 bits per heavy atom. The number of benzene rings is 1. The Morgan fingerprint density at radius 3 is 2.76 bits per heavy atom. The number of nitrogens with zero attached hydrogens (tertiary/aromatic N) is 2. The Balaban J connectivity index is 1.26. The molecule has 0 aliphatic rings. The second kappa shape index (κ2) is 13.6. The highest BCUT2D eigenvalue weighted by molar-refractivity contribution is 7.16. The minimum Gasteiger partial charge on any atom is -0.493 e. The lowest BCUT2D eigenvalue weighted by molar-refractivity contribution is -0.120. The normalized spacial score (nSPS) is 11.3. The summed E-state index contributed by atoms with van der Waals surface area (Å²) in [5.41, 5.74) is 1.23. The quantitative estimate of drug-likeness (QED) is 0.328. The molecule has 0 atom stereocenters. The first kappa shape index (κ1) is 25.5. The third-order valence-electron chi connectivity index (χ3n) is 5.46. The van der Waals surface area contributed by atoms with Crippen LogP contribution in [0, 0.1) is 0 Å². The average molecular weight is 483 g/mol. The van der Waals surface area contributed by atoms with Gasteiger partial charge >= 0.3 is 0 Å². The Morgan fingerprint density at radius 2 is 2.00 bits per heavy atom. The van der Waals surface area contributed by atoms with Crippen LogP contribution < -0.4 is 14.8 Å². The van der Waals surface area contributed by atoms with Crippen molar-refractivity contribution in [1.29, 1.82) is 0 Å². The van der Waals surface area contributed by atoms with Crippen LogP contribution in [0.2, 0.25) is 0 Å². The van der Waals surface area contributed by atoms with Crippen molar-refractivity contribution in [2.24, 2.45) is 0 Å². The van der Waals surface area contributed by atoms with E-state index in [1.54, 1.807) is 31.8 Å². The van der Waals surface area contributed by atoms with Crippen molar-refractivity contribution < 1.29 is 14.3 Å². The fraction of sp³-hybridized carbons (Fsp3) is 0.385. The highest BCUT2D eigenvalue weighted by Gasteiger charge is 2.06. The van der Waals surface area contributed by atoms with Crippen LogP contribution in [0.25, 0.3) is 16.8 Å². The number of unbranched alkanes of at least 4 members (excludes halogenated alkanes) is 1. The van der Waals surface area contributed by atoms with E-state index in [0.29, 0.717) is 13.0 Å². The van der Waals surface area contributed by atoms with Gasteiger partial charge in [-0.05, 0) is 68.8 Å². The summed E-state index contributed by atoms with van der Waals surface area (Å²) in [5, 5.41) is 3.01. The minimum absolute atomic E-state index is 0.0564. The molecule has 1 amide bonds. The molecule has 0 saturated heterocycles. The topological polar surface area (TPSA) is 79.5 Å². The Hall–Kier alpha value is -3.10. The fourth-order valence-corrected chi connectivity index (χ4v) is 4.43. The van der Waals surface area contributed by atoms with Gasteiger partial charge in [0.05, 0.1) is 19.1 Å². The largest absolute Gasteiger partial charge is 0.493 e. The van der Waals surface area contributed by atoms with Crippen LogP contribution >= 0.6 is 11.3 Å². The number of H-pyrrole nitrogens is 1. The molecule has 0 spiro atoms. The highest BCUT2D eigenvalue weighted by Crippen LogP contribution is 2.28. The number of aromatic amines is 1. The number of thiophene rings is 1. The molecule has 34 heavy (non-hydrogen) atoms. The predicted octanol–water partition coefficient (Wildman–Crippen LogP) is 4.63. The molecule has 0 aliphatic carbocycles. The Kier molecular flexibility index (Phi) is 10.2. The van der Waals surface area contributed by atoms with E-state index >= 15 is 0 Å². The fourth-order valence-electron chi connectivity index (χ4n) is 3.53. The lowest BCUT2D eigenvalue weighted by Crippen LogP contribution is -2.26. The number of ether oxygens (including phenoxy) is 2. The molecule has 7 nitrogen and oxygen atoms in total. The van der Waals surface area contributed by atoms with Gasteiger partial charge in [-0.2, -0.15) is 0 Å². The lowest BCUT2D eigenvalue weighted by Gasteiger charge is -2.17. The number of hydrogen-bond acceptors (Lipinski definition) is 6. The van der Waals surface area contributed by atoms with E-state index < -0.39 is 0 Å². The Bertz CT molecular complexity index is 1050. The zero-order chi connectivity index (χ0) is 24.2. The Labute approximate surface area is 205 Å². The van der Waals surface area contributed by atoms with Crippen LogP contribution in [0.3, 0.4) is 0 Å². The van der Waals surface area contributed by atoms with Gasteiger partial charge in [-0.1, -0.05) is 12.1 Å². The second-order valence-corrected chi connectivity index (χ2v) is 9.16. The van der Waals surface area contributed by atoms with Crippen LogP contribution in [-0.2, 0) is 11.2 Å². The maximum atomic E-state index is 12.1. The number of rotatable bonds is 14. The number of methoxy groups -OCH3 is 2. The molecule has 0 saturated carbocycles. The second-order valence-electron chi connectivity index (χ2n) is 8.05. The molecule has 0 unspecified atom stereocenters. The van der Waals surface area contributed by atoms with E-state index in [4.69, 9.17) is 9.47 Å². The van der Waals surface area contributed by atoms with Gasteiger partial charge in [-0.15, -0.1) is 11.3 Å². The standard InChI is InChI=1S/C26H34N4O3S/c1-30(18-13-20-9-11-22(32-2)23(19-20)33-3)17-5-4-14-27-25(31)8-6-7-21-10-12-24(34-21)26-28-15-16-29-26/h6-7,9-12,15-16,19H,4-5,8,13-14,17-18H2,1-3H3,(H,27,31)(H,28,29)/b7-6+. The van der Waals surface area contributed by atoms with Gasteiger partial charge in [-0.25, -0.2) is 4.98 Å². The predicted molar refractivity (Wildman–Crippen MR) is 139 cm³/mol. The number of aromatic nitrogens is 2. The number of amides is 1. The molecular formula is C26H34N4O3S. The SMILES string of the molecule is COc1ccc(CCN(C)CCCCNC(=O)C/C=C/c2ccc(-c3ncc[nH]3)s2)cc1OC. The van der Waals surface area contributed by atoms with Crippen LogP contribution in [0.15, 0.2) is 48.8 Å². The molecule has 0 fully saturated rings. The van der Waals surface area contributed by atoms with Crippen molar-refractivity contribution in [3.05, 3.63) is 59.2 Å². The van der Waals surface area contributed by atoms with Crippen LogP contribution in [0.1, 0.15) is 29.7 Å². The molecule has 0 radical (unpaired) electrons. The summed E-state index contributed by atoms with van der Waals surface area (Å²) < 4.78 is 10.7. The molecule has 0 bridgehead atoms. The third-order valence-corrected chi connectivity index (χ3v) is 6.52. The summed E-state index contributed by atoms with van der Waals surface area (Å²) >= 11 is 1.65. The number of carbonyl (C=O) groups is 1. The summed E-state index contributed by atoms with van der Waals surface area (Å²) in [5.74, 6) is 2.44. The average Bonchev–Trinajstić information content (AvgIpc) is 3.54. The zero-order valence-corrected chi connectivity index (χ0v) is 21.0. The zero-order valence-electron chi connectivity index (χ0n) is 20.2. The molecule has 1 aromatic carbocycles. The van der Waals surface area contributed by atoms with E-state index in [1.165, 1.54) is 5.56 Å². The van der Waals surface area contributed by atoms with Crippen molar-refractivity contribution in [2.45, 2.75) is 25.7 Å².